The summed E-state index contributed by atoms with van der Waals surface area (Å²) in [5.74, 6) is -0.424. The lowest BCUT2D eigenvalue weighted by molar-refractivity contribution is -0.137. The van der Waals surface area contributed by atoms with E-state index in [4.69, 9.17) is 19.5 Å². The second-order valence-corrected chi connectivity index (χ2v) is 15.8. The Labute approximate surface area is 279 Å². The molecule has 12 N–H and O–H groups in total. The van der Waals surface area contributed by atoms with Crippen molar-refractivity contribution in [3.8, 4) is 0 Å². The van der Waals surface area contributed by atoms with Crippen LogP contribution in [0.2, 0.25) is 0 Å². The molecule has 2 unspecified atom stereocenters. The maximum atomic E-state index is 12.6. The van der Waals surface area contributed by atoms with E-state index in [-0.39, 0.29) is 38.0 Å². The first-order valence-electron chi connectivity index (χ1n) is 14.0. The number of hydrogen-bond donors (Lipinski definition) is 12. The molecule has 0 radical (unpaired) electrons. The van der Waals surface area contributed by atoms with E-state index in [1.165, 1.54) is 18.7 Å². The SMILES string of the molecule is CC(C)(COP(=O)(O)OP(=O)(O)OC[C@H]1O[C@@H](N2CNC3=C2NCN=C3N)[C@H](O)[C@@H]1OP(=O)(O)O)[C@@H](O)C(=O)NCCC(=O)NCCS. The number of amidine groups is 1. The van der Waals surface area contributed by atoms with Crippen molar-refractivity contribution in [3.05, 3.63) is 11.5 Å². The molecule has 27 heteroatoms. The number of aliphatic hydroxyl groups is 2. The van der Waals surface area contributed by atoms with Gasteiger partial charge in [0.1, 0.15) is 48.4 Å². The second kappa shape index (κ2) is 16.4. The summed E-state index contributed by atoms with van der Waals surface area (Å²) in [6.45, 7) is 0.856. The molecule has 48 heavy (non-hydrogen) atoms. The lowest BCUT2D eigenvalue weighted by Crippen LogP contribution is -2.46. The molecule has 0 aromatic rings. The number of carbonyl (C=O) groups excluding carboxylic acids is 2. The quantitative estimate of drug-likeness (QED) is 0.0479. The summed E-state index contributed by atoms with van der Waals surface area (Å²) in [4.78, 5) is 68.4. The smallest absolute Gasteiger partial charge is 0.386 e. The van der Waals surface area contributed by atoms with Crippen LogP contribution in [-0.2, 0) is 45.9 Å². The minimum absolute atomic E-state index is 0.0148. The van der Waals surface area contributed by atoms with Gasteiger partial charge >= 0.3 is 23.5 Å². The predicted molar refractivity (Wildman–Crippen MR) is 165 cm³/mol. The number of rotatable bonds is 18. The van der Waals surface area contributed by atoms with Crippen molar-refractivity contribution in [2.75, 3.05) is 45.4 Å². The van der Waals surface area contributed by atoms with Gasteiger partial charge in [0.2, 0.25) is 11.8 Å². The Morgan fingerprint density at radius 1 is 1.15 bits per heavy atom. The average molecular weight is 772 g/mol. The summed E-state index contributed by atoms with van der Waals surface area (Å²) in [5.41, 5.74) is 4.64. The molecular formula is C21H40N7O16P3S. The first-order chi connectivity index (χ1) is 22.2. The zero-order chi connectivity index (χ0) is 36.1. The number of nitrogens with two attached hydrogens (primary N) is 1. The number of carbonyl (C=O) groups is 2. The van der Waals surface area contributed by atoms with Crippen LogP contribution in [0.15, 0.2) is 16.5 Å². The maximum absolute atomic E-state index is 12.6. The molecule has 0 aliphatic carbocycles. The van der Waals surface area contributed by atoms with Crippen LogP contribution in [0.25, 0.3) is 0 Å². The zero-order valence-electron chi connectivity index (χ0n) is 25.6. The Bertz CT molecular complexity index is 1400. The molecule has 0 aromatic heterocycles. The van der Waals surface area contributed by atoms with Crippen molar-refractivity contribution >= 4 is 53.7 Å². The Balaban J connectivity index is 1.58. The molecule has 0 bridgehead atoms. The van der Waals surface area contributed by atoms with E-state index in [0.29, 0.717) is 23.8 Å². The number of nitrogens with zero attached hydrogens (tertiary/aromatic N) is 2. The molecule has 3 rings (SSSR count). The molecule has 23 nitrogen and oxygen atoms in total. The number of phosphoric ester groups is 3. The van der Waals surface area contributed by atoms with Crippen LogP contribution in [0.5, 0.6) is 0 Å². The van der Waals surface area contributed by atoms with Gasteiger partial charge in [0.25, 0.3) is 0 Å². The van der Waals surface area contributed by atoms with Crippen molar-refractivity contribution < 1.29 is 75.7 Å². The Hall–Kier alpha value is -1.85. The molecule has 0 saturated carbocycles. The molecule has 2 amide bonds. The summed E-state index contributed by atoms with van der Waals surface area (Å²) in [5, 5.41) is 32.0. The second-order valence-electron chi connectivity index (χ2n) is 11.1. The van der Waals surface area contributed by atoms with Crippen LogP contribution in [0, 0.1) is 5.41 Å². The first-order valence-corrected chi connectivity index (χ1v) is 19.2. The van der Waals surface area contributed by atoms with E-state index >= 15 is 0 Å². The average Bonchev–Trinajstić information content (AvgIpc) is 3.54. The topological polar surface area (TPSA) is 343 Å². The van der Waals surface area contributed by atoms with Gasteiger partial charge in [-0.05, 0) is 0 Å². The lowest BCUT2D eigenvalue weighted by atomic mass is 9.87. The van der Waals surface area contributed by atoms with Crippen LogP contribution in [0.3, 0.4) is 0 Å². The van der Waals surface area contributed by atoms with Crippen LogP contribution in [0.4, 0.5) is 0 Å². The third-order valence-electron chi connectivity index (χ3n) is 6.86. The number of nitrogens with one attached hydrogen (secondary N) is 4. The Morgan fingerprint density at radius 3 is 2.46 bits per heavy atom. The summed E-state index contributed by atoms with van der Waals surface area (Å²) < 4.78 is 60.8. The van der Waals surface area contributed by atoms with E-state index < -0.39 is 78.6 Å². The van der Waals surface area contributed by atoms with E-state index in [2.05, 4.69) is 47.7 Å². The fraction of sp³-hybridized carbons (Fsp3) is 0.762. The predicted octanol–water partition coefficient (Wildman–Crippen LogP) is -3.31. The fourth-order valence-electron chi connectivity index (χ4n) is 4.47. The normalized spacial score (nSPS) is 26.0. The number of aliphatic hydroxyl groups excluding tert-OH is 2. The summed E-state index contributed by atoms with van der Waals surface area (Å²) >= 11 is 3.95. The van der Waals surface area contributed by atoms with Crippen molar-refractivity contribution in [1.82, 2.24) is 26.2 Å². The van der Waals surface area contributed by atoms with Gasteiger partial charge in [-0.25, -0.2) is 18.7 Å². The summed E-state index contributed by atoms with van der Waals surface area (Å²) in [6, 6.07) is 0. The fourth-order valence-corrected chi connectivity index (χ4v) is 7.42. The molecule has 7 atom stereocenters. The Morgan fingerprint density at radius 2 is 1.81 bits per heavy atom. The molecule has 3 aliphatic rings. The number of amides is 2. The molecule has 1 fully saturated rings. The van der Waals surface area contributed by atoms with Crippen LogP contribution >= 0.6 is 36.1 Å². The van der Waals surface area contributed by atoms with Gasteiger partial charge in [-0.15, -0.1) is 0 Å². The monoisotopic (exact) mass is 771 g/mol. The minimum atomic E-state index is -5.51. The highest BCUT2D eigenvalue weighted by atomic mass is 32.1. The molecule has 3 aliphatic heterocycles. The van der Waals surface area contributed by atoms with Crippen LogP contribution < -0.4 is 27.0 Å². The van der Waals surface area contributed by atoms with E-state index in [1.54, 1.807) is 0 Å². The number of thiol groups is 1. The zero-order valence-corrected chi connectivity index (χ0v) is 29.1. The van der Waals surface area contributed by atoms with Gasteiger partial charge < -0.3 is 66.4 Å². The minimum Gasteiger partial charge on any atom is -0.386 e. The van der Waals surface area contributed by atoms with Crippen LogP contribution in [0.1, 0.15) is 20.3 Å². The summed E-state index contributed by atoms with van der Waals surface area (Å²) in [7, 11) is -16.2. The van der Waals surface area contributed by atoms with Gasteiger partial charge in [0, 0.05) is 30.7 Å². The van der Waals surface area contributed by atoms with Crippen molar-refractivity contribution in [1.29, 1.82) is 0 Å². The third-order valence-corrected chi connectivity index (χ3v) is 10.2. The largest absolute Gasteiger partial charge is 0.481 e. The standard InChI is InChI=1S/C21H40N7O16P3S/c1-21(2,16(31)19(32)24-4-3-12(29)23-5-6-48)8-41-47(38,39)44-46(36,37)40-7-11-15(43-45(33,34)35)14(30)20(42-11)28-10-27-13-17(22)25-9-26-18(13)28/h11,14-16,20,26-27,30-31,48H,3-10H2,1-2H3,(H2,22,25)(H,23,29)(H,24,32)(H,36,37)(H,38,39)(H2,33,34,35)/t11-,14-,15-,16+,20-/m1/s1. The van der Waals surface area contributed by atoms with Gasteiger partial charge in [-0.3, -0.25) is 23.2 Å². The van der Waals surface area contributed by atoms with Gasteiger partial charge in [-0.1, -0.05) is 13.8 Å². The summed E-state index contributed by atoms with van der Waals surface area (Å²) in [6.07, 6.45) is -8.58. The number of phosphoric acid groups is 3. The number of aliphatic imine (C=N–C) groups is 1. The Kier molecular flexibility index (Phi) is 13.9. The first kappa shape index (κ1) is 40.6. The molecule has 1 saturated heterocycles. The lowest BCUT2D eigenvalue weighted by Gasteiger charge is -2.30. The van der Waals surface area contributed by atoms with E-state index in [0.717, 1.165) is 0 Å². The van der Waals surface area contributed by atoms with Crippen molar-refractivity contribution in [3.63, 3.8) is 0 Å². The maximum Gasteiger partial charge on any atom is 0.481 e. The molecular weight excluding hydrogens is 731 g/mol. The molecule has 0 spiro atoms. The van der Waals surface area contributed by atoms with Gasteiger partial charge in [-0.2, -0.15) is 16.9 Å². The van der Waals surface area contributed by atoms with Gasteiger partial charge in [0.15, 0.2) is 6.23 Å². The van der Waals surface area contributed by atoms with Crippen molar-refractivity contribution in [2.45, 2.75) is 50.9 Å². The van der Waals surface area contributed by atoms with Gasteiger partial charge in [0.05, 0.1) is 19.9 Å². The highest BCUT2D eigenvalue weighted by molar-refractivity contribution is 7.80. The van der Waals surface area contributed by atoms with E-state index in [1.807, 2.05) is 0 Å². The third kappa shape index (κ3) is 11.3. The highest BCUT2D eigenvalue weighted by Crippen LogP contribution is 2.61. The molecule has 276 valence electrons. The molecule has 0 aromatic carbocycles. The van der Waals surface area contributed by atoms with E-state index in [9.17, 15) is 53.1 Å². The van der Waals surface area contributed by atoms with Crippen LogP contribution in [-0.4, -0.2) is 128 Å². The number of ether oxygens (including phenoxy) is 1. The van der Waals surface area contributed by atoms with Crippen molar-refractivity contribution in [2.24, 2.45) is 16.1 Å². The molecule has 3 heterocycles. The highest BCUT2D eigenvalue weighted by Gasteiger charge is 2.52. The number of hydrogen-bond acceptors (Lipinski definition) is 18.